The number of hydrogen-bond donors (Lipinski definition) is 3. The summed E-state index contributed by atoms with van der Waals surface area (Å²) in [7, 11) is 0. The third-order valence-electron chi connectivity index (χ3n) is 6.97. The minimum absolute atomic E-state index is 0.0422. The SMILES string of the molecule is CC(C)C[C@H](NC(=O)c1cccc2cccnc12)C(=O)CC(=O)C(C(=O)Cc1cccc(-c2ccccn2)c1)C(N)N. The van der Waals surface area contributed by atoms with E-state index < -0.39 is 47.8 Å². The summed E-state index contributed by atoms with van der Waals surface area (Å²) in [4.78, 5) is 61.8. The summed E-state index contributed by atoms with van der Waals surface area (Å²) < 4.78 is 0. The van der Waals surface area contributed by atoms with E-state index in [0.29, 0.717) is 23.1 Å². The zero-order valence-corrected chi connectivity index (χ0v) is 23.7. The van der Waals surface area contributed by atoms with Gasteiger partial charge in [-0.2, -0.15) is 0 Å². The number of benzene rings is 2. The van der Waals surface area contributed by atoms with Crippen LogP contribution in [0.25, 0.3) is 22.2 Å². The fraction of sp³-hybridized carbons (Fsp3) is 0.273. The number of Topliss-reactive ketones (excluding diaryl/α,β-unsaturated/α-hetero) is 3. The van der Waals surface area contributed by atoms with Gasteiger partial charge in [-0.3, -0.25) is 29.1 Å². The van der Waals surface area contributed by atoms with Crippen LogP contribution in [0.3, 0.4) is 0 Å². The van der Waals surface area contributed by atoms with Crippen molar-refractivity contribution in [1.29, 1.82) is 0 Å². The van der Waals surface area contributed by atoms with Crippen molar-refractivity contribution in [2.24, 2.45) is 23.3 Å². The molecule has 0 saturated carbocycles. The molecule has 216 valence electrons. The summed E-state index contributed by atoms with van der Waals surface area (Å²) in [5.74, 6) is -3.46. The first-order valence-electron chi connectivity index (χ1n) is 13.9. The number of carbonyl (C=O) groups excluding carboxylic acids is 4. The van der Waals surface area contributed by atoms with E-state index in [4.69, 9.17) is 11.5 Å². The average Bonchev–Trinajstić information content (AvgIpc) is 2.96. The predicted octanol–water partition coefficient (Wildman–Crippen LogP) is 3.64. The van der Waals surface area contributed by atoms with Crippen LogP contribution >= 0.6 is 0 Å². The summed E-state index contributed by atoms with van der Waals surface area (Å²) >= 11 is 0. The van der Waals surface area contributed by atoms with Crippen LogP contribution in [0.2, 0.25) is 0 Å². The van der Waals surface area contributed by atoms with E-state index in [2.05, 4.69) is 15.3 Å². The Morgan fingerprint density at radius 3 is 2.26 bits per heavy atom. The van der Waals surface area contributed by atoms with Crippen molar-refractivity contribution in [3.63, 3.8) is 0 Å². The Balaban J connectivity index is 1.47. The molecular weight excluding hydrogens is 530 g/mol. The fourth-order valence-corrected chi connectivity index (χ4v) is 4.96. The van der Waals surface area contributed by atoms with Crippen LogP contribution in [-0.2, 0) is 20.8 Å². The van der Waals surface area contributed by atoms with Gasteiger partial charge in [-0.25, -0.2) is 0 Å². The molecule has 0 aliphatic heterocycles. The molecule has 4 rings (SSSR count). The number of amides is 1. The molecule has 4 aromatic rings. The second-order valence-electron chi connectivity index (χ2n) is 10.8. The molecule has 9 heteroatoms. The monoisotopic (exact) mass is 565 g/mol. The summed E-state index contributed by atoms with van der Waals surface area (Å²) in [5.41, 5.74) is 14.9. The maximum Gasteiger partial charge on any atom is 0.254 e. The zero-order chi connectivity index (χ0) is 30.2. The Labute approximate surface area is 244 Å². The van der Waals surface area contributed by atoms with Gasteiger partial charge in [0.25, 0.3) is 5.91 Å². The molecule has 0 aliphatic carbocycles. The van der Waals surface area contributed by atoms with E-state index in [1.165, 1.54) is 0 Å². The number of carbonyl (C=O) groups is 4. The molecule has 0 bridgehead atoms. The maximum atomic E-state index is 13.4. The highest BCUT2D eigenvalue weighted by Crippen LogP contribution is 2.21. The molecule has 0 spiro atoms. The van der Waals surface area contributed by atoms with E-state index in [9.17, 15) is 19.2 Å². The highest BCUT2D eigenvalue weighted by atomic mass is 16.2. The normalized spacial score (nSPS) is 12.7. The number of nitrogens with zero attached hydrogens (tertiary/aromatic N) is 2. The van der Waals surface area contributed by atoms with Crippen LogP contribution in [0, 0.1) is 11.8 Å². The second-order valence-corrected chi connectivity index (χ2v) is 10.8. The highest BCUT2D eigenvalue weighted by molar-refractivity contribution is 6.13. The van der Waals surface area contributed by atoms with Crippen LogP contribution in [0.1, 0.15) is 42.6 Å². The Morgan fingerprint density at radius 1 is 0.810 bits per heavy atom. The quantitative estimate of drug-likeness (QED) is 0.164. The number of para-hydroxylation sites is 1. The van der Waals surface area contributed by atoms with Crippen molar-refractivity contribution >= 4 is 34.2 Å². The smallest absolute Gasteiger partial charge is 0.254 e. The van der Waals surface area contributed by atoms with Gasteiger partial charge < -0.3 is 16.8 Å². The lowest BCUT2D eigenvalue weighted by molar-refractivity contribution is -0.135. The topological polar surface area (TPSA) is 158 Å². The van der Waals surface area contributed by atoms with Crippen molar-refractivity contribution in [2.45, 2.75) is 45.3 Å². The van der Waals surface area contributed by atoms with E-state index in [1.54, 1.807) is 42.7 Å². The lowest BCUT2D eigenvalue weighted by Gasteiger charge is -2.22. The standard InChI is InChI=1S/C33H35N5O4/c1-20(2)16-26(38-33(42)24-12-6-9-22-11-7-15-37-31(22)24)27(39)19-29(41)30(32(34)35)28(40)18-21-8-5-10-23(17-21)25-13-3-4-14-36-25/h3-15,17,20,26,30,32H,16,18-19,34-35H2,1-2H3,(H,38,42)/t26-,30?/m0/s1. The maximum absolute atomic E-state index is 13.4. The lowest BCUT2D eigenvalue weighted by atomic mass is 9.87. The molecule has 0 aliphatic rings. The Hall–Kier alpha value is -4.60. The number of fused-ring (bicyclic) bond motifs is 1. The minimum atomic E-state index is -1.37. The number of rotatable bonds is 13. The van der Waals surface area contributed by atoms with Gasteiger partial charge in [0, 0.05) is 29.8 Å². The summed E-state index contributed by atoms with van der Waals surface area (Å²) in [6.45, 7) is 3.82. The van der Waals surface area contributed by atoms with Crippen molar-refractivity contribution in [3.05, 3.63) is 96.3 Å². The Bertz CT molecular complexity index is 1580. The van der Waals surface area contributed by atoms with Gasteiger partial charge >= 0.3 is 0 Å². The van der Waals surface area contributed by atoms with Crippen LogP contribution in [0.15, 0.2) is 85.2 Å². The molecule has 1 amide bonds. The zero-order valence-electron chi connectivity index (χ0n) is 23.7. The number of pyridine rings is 2. The molecular formula is C33H35N5O4. The Morgan fingerprint density at radius 2 is 1.55 bits per heavy atom. The van der Waals surface area contributed by atoms with Crippen LogP contribution in [-0.4, -0.2) is 45.4 Å². The van der Waals surface area contributed by atoms with Crippen molar-refractivity contribution in [3.8, 4) is 11.3 Å². The van der Waals surface area contributed by atoms with Crippen molar-refractivity contribution < 1.29 is 19.2 Å². The first-order valence-corrected chi connectivity index (χ1v) is 13.9. The largest absolute Gasteiger partial charge is 0.342 e. The van der Waals surface area contributed by atoms with Gasteiger partial charge in [-0.05, 0) is 48.2 Å². The Kier molecular flexibility index (Phi) is 10.0. The molecule has 9 nitrogen and oxygen atoms in total. The number of nitrogens with one attached hydrogen (secondary N) is 1. The van der Waals surface area contributed by atoms with E-state index in [0.717, 1.165) is 16.6 Å². The van der Waals surface area contributed by atoms with Gasteiger partial charge in [0.2, 0.25) is 0 Å². The summed E-state index contributed by atoms with van der Waals surface area (Å²) in [6, 6.07) is 20.7. The summed E-state index contributed by atoms with van der Waals surface area (Å²) in [5, 5.41) is 3.57. The van der Waals surface area contributed by atoms with Crippen LogP contribution in [0.4, 0.5) is 0 Å². The van der Waals surface area contributed by atoms with Gasteiger partial charge in [0.15, 0.2) is 17.3 Å². The average molecular weight is 566 g/mol. The van der Waals surface area contributed by atoms with Gasteiger partial charge in [0.05, 0.1) is 35.4 Å². The fourth-order valence-electron chi connectivity index (χ4n) is 4.96. The molecule has 2 atom stereocenters. The van der Waals surface area contributed by atoms with Gasteiger partial charge in [-0.1, -0.05) is 56.3 Å². The van der Waals surface area contributed by atoms with Crippen molar-refractivity contribution in [1.82, 2.24) is 15.3 Å². The molecule has 0 radical (unpaired) electrons. The molecule has 0 fully saturated rings. The minimum Gasteiger partial charge on any atom is -0.342 e. The molecule has 2 heterocycles. The molecule has 5 N–H and O–H groups in total. The molecule has 2 aromatic carbocycles. The number of ketones is 3. The molecule has 2 aromatic heterocycles. The third-order valence-corrected chi connectivity index (χ3v) is 6.97. The van der Waals surface area contributed by atoms with Gasteiger partial charge in [0.1, 0.15) is 5.92 Å². The molecule has 0 saturated heterocycles. The molecule has 1 unspecified atom stereocenters. The molecule has 42 heavy (non-hydrogen) atoms. The third kappa shape index (κ3) is 7.57. The van der Waals surface area contributed by atoms with E-state index in [-0.39, 0.29) is 12.3 Å². The van der Waals surface area contributed by atoms with E-state index in [1.807, 2.05) is 56.3 Å². The predicted molar refractivity (Wildman–Crippen MR) is 161 cm³/mol. The van der Waals surface area contributed by atoms with Gasteiger partial charge in [-0.15, -0.1) is 0 Å². The van der Waals surface area contributed by atoms with E-state index >= 15 is 0 Å². The number of nitrogens with two attached hydrogens (primary N) is 2. The van der Waals surface area contributed by atoms with Crippen molar-refractivity contribution in [2.75, 3.05) is 0 Å². The number of hydrogen-bond acceptors (Lipinski definition) is 8. The highest BCUT2D eigenvalue weighted by Gasteiger charge is 2.34. The van der Waals surface area contributed by atoms with Crippen LogP contribution in [0.5, 0.6) is 0 Å². The lowest BCUT2D eigenvalue weighted by Crippen LogP contribution is -2.49. The second kappa shape index (κ2) is 13.8. The van der Waals surface area contributed by atoms with Crippen LogP contribution < -0.4 is 16.8 Å². The first kappa shape index (κ1) is 30.4. The number of aromatic nitrogens is 2. The first-order chi connectivity index (χ1) is 20.1. The summed E-state index contributed by atoms with van der Waals surface area (Å²) in [6.07, 6.45) is 1.63.